The van der Waals surface area contributed by atoms with Crippen molar-refractivity contribution in [2.45, 2.75) is 23.6 Å². The SMILES string of the molecule is CCC(C#N)Sc1ccccn1. The second-order valence-corrected chi connectivity index (χ2v) is 3.53. The van der Waals surface area contributed by atoms with Crippen molar-refractivity contribution in [3.63, 3.8) is 0 Å². The van der Waals surface area contributed by atoms with Crippen molar-refractivity contribution in [2.24, 2.45) is 0 Å². The van der Waals surface area contributed by atoms with E-state index in [0.29, 0.717) is 0 Å². The van der Waals surface area contributed by atoms with E-state index in [1.165, 1.54) is 11.8 Å². The summed E-state index contributed by atoms with van der Waals surface area (Å²) in [7, 11) is 0. The van der Waals surface area contributed by atoms with Crippen molar-refractivity contribution >= 4 is 11.8 Å². The molecule has 0 saturated carbocycles. The quantitative estimate of drug-likeness (QED) is 0.667. The van der Waals surface area contributed by atoms with Crippen LogP contribution in [0.2, 0.25) is 0 Å². The molecule has 0 aromatic carbocycles. The first-order valence-electron chi connectivity index (χ1n) is 3.84. The summed E-state index contributed by atoms with van der Waals surface area (Å²) >= 11 is 1.52. The van der Waals surface area contributed by atoms with Crippen molar-refractivity contribution in [2.75, 3.05) is 0 Å². The molecule has 0 amide bonds. The predicted octanol–water partition coefficient (Wildman–Crippen LogP) is 2.48. The van der Waals surface area contributed by atoms with Crippen LogP contribution in [0, 0.1) is 11.3 Å². The number of hydrogen-bond acceptors (Lipinski definition) is 3. The summed E-state index contributed by atoms with van der Waals surface area (Å²) in [5, 5.41) is 9.64. The fourth-order valence-corrected chi connectivity index (χ4v) is 1.55. The molecule has 0 saturated heterocycles. The monoisotopic (exact) mass is 178 g/mol. The number of nitrogens with zero attached hydrogens (tertiary/aromatic N) is 2. The van der Waals surface area contributed by atoms with Gasteiger partial charge in [-0.05, 0) is 18.6 Å². The normalized spacial score (nSPS) is 12.0. The Morgan fingerprint density at radius 3 is 3.00 bits per heavy atom. The number of nitriles is 1. The zero-order valence-electron chi connectivity index (χ0n) is 6.90. The molecule has 1 unspecified atom stereocenters. The van der Waals surface area contributed by atoms with Gasteiger partial charge in [0.1, 0.15) is 0 Å². The molecule has 3 heteroatoms. The van der Waals surface area contributed by atoms with Crippen LogP contribution in [0.3, 0.4) is 0 Å². The maximum Gasteiger partial charge on any atom is 0.0975 e. The molecule has 1 atom stereocenters. The van der Waals surface area contributed by atoms with Gasteiger partial charge in [-0.1, -0.05) is 24.8 Å². The van der Waals surface area contributed by atoms with E-state index >= 15 is 0 Å². The maximum absolute atomic E-state index is 8.69. The summed E-state index contributed by atoms with van der Waals surface area (Å²) < 4.78 is 0. The van der Waals surface area contributed by atoms with Gasteiger partial charge >= 0.3 is 0 Å². The van der Waals surface area contributed by atoms with Crippen LogP contribution < -0.4 is 0 Å². The second kappa shape index (κ2) is 4.78. The number of rotatable bonds is 3. The van der Waals surface area contributed by atoms with Crippen LogP contribution in [-0.4, -0.2) is 10.2 Å². The molecule has 0 radical (unpaired) electrons. The Balaban J connectivity index is 2.58. The van der Waals surface area contributed by atoms with Gasteiger partial charge in [0.2, 0.25) is 0 Å². The van der Waals surface area contributed by atoms with Gasteiger partial charge in [0.25, 0.3) is 0 Å². The van der Waals surface area contributed by atoms with Crippen LogP contribution in [0.25, 0.3) is 0 Å². The molecule has 1 aromatic heterocycles. The van der Waals surface area contributed by atoms with Gasteiger partial charge in [-0.25, -0.2) is 4.98 Å². The van der Waals surface area contributed by atoms with Crippen LogP contribution in [0.4, 0.5) is 0 Å². The van der Waals surface area contributed by atoms with Gasteiger partial charge in [-0.3, -0.25) is 0 Å². The van der Waals surface area contributed by atoms with E-state index in [4.69, 9.17) is 5.26 Å². The molecule has 1 rings (SSSR count). The number of hydrogen-bond donors (Lipinski definition) is 0. The van der Waals surface area contributed by atoms with Gasteiger partial charge in [0.15, 0.2) is 0 Å². The zero-order valence-corrected chi connectivity index (χ0v) is 7.71. The van der Waals surface area contributed by atoms with Gasteiger partial charge in [0.05, 0.1) is 16.3 Å². The van der Waals surface area contributed by atoms with Crippen molar-refractivity contribution in [1.82, 2.24) is 4.98 Å². The Labute approximate surface area is 76.6 Å². The summed E-state index contributed by atoms with van der Waals surface area (Å²) in [6, 6.07) is 7.95. The highest BCUT2D eigenvalue weighted by atomic mass is 32.2. The van der Waals surface area contributed by atoms with Crippen molar-refractivity contribution in [3.8, 4) is 6.07 Å². The standard InChI is InChI=1S/C9H10N2S/c1-2-8(7-10)12-9-5-3-4-6-11-9/h3-6,8H,2H2,1H3. The highest BCUT2D eigenvalue weighted by Crippen LogP contribution is 2.21. The Hall–Kier alpha value is -1.01. The summed E-state index contributed by atoms with van der Waals surface area (Å²) in [4.78, 5) is 4.13. The predicted molar refractivity (Wildman–Crippen MR) is 49.8 cm³/mol. The lowest BCUT2D eigenvalue weighted by molar-refractivity contribution is 0.977. The average molecular weight is 178 g/mol. The van der Waals surface area contributed by atoms with Crippen LogP contribution in [-0.2, 0) is 0 Å². The van der Waals surface area contributed by atoms with Gasteiger partial charge in [-0.2, -0.15) is 5.26 Å². The number of aromatic nitrogens is 1. The van der Waals surface area contributed by atoms with E-state index < -0.39 is 0 Å². The van der Waals surface area contributed by atoms with Gasteiger partial charge in [0, 0.05) is 6.20 Å². The molecule has 0 fully saturated rings. The second-order valence-electron chi connectivity index (χ2n) is 2.31. The fraction of sp³-hybridized carbons (Fsp3) is 0.333. The minimum atomic E-state index is 0.0277. The third-order valence-electron chi connectivity index (χ3n) is 1.42. The highest BCUT2D eigenvalue weighted by molar-refractivity contribution is 8.00. The van der Waals surface area contributed by atoms with Crippen LogP contribution in [0.15, 0.2) is 29.4 Å². The molecule has 0 N–H and O–H groups in total. The first-order chi connectivity index (χ1) is 5.86. The topological polar surface area (TPSA) is 36.7 Å². The molecule has 1 aromatic rings. The summed E-state index contributed by atoms with van der Waals surface area (Å²) in [5.41, 5.74) is 0. The molecule has 62 valence electrons. The number of pyridine rings is 1. The summed E-state index contributed by atoms with van der Waals surface area (Å²) in [6.45, 7) is 2.00. The van der Waals surface area contributed by atoms with E-state index in [9.17, 15) is 0 Å². The minimum Gasteiger partial charge on any atom is -0.250 e. The van der Waals surface area contributed by atoms with Crippen LogP contribution >= 0.6 is 11.8 Å². The largest absolute Gasteiger partial charge is 0.250 e. The minimum absolute atomic E-state index is 0.0277. The third-order valence-corrected chi connectivity index (χ3v) is 2.62. The number of thioether (sulfide) groups is 1. The highest BCUT2D eigenvalue weighted by Gasteiger charge is 2.05. The lowest BCUT2D eigenvalue weighted by Gasteiger charge is -2.02. The summed E-state index contributed by atoms with van der Waals surface area (Å²) in [6.07, 6.45) is 2.60. The van der Waals surface area contributed by atoms with E-state index in [-0.39, 0.29) is 5.25 Å². The van der Waals surface area contributed by atoms with E-state index in [1.807, 2.05) is 25.1 Å². The smallest absolute Gasteiger partial charge is 0.0975 e. The lowest BCUT2D eigenvalue weighted by Crippen LogP contribution is -1.95. The van der Waals surface area contributed by atoms with Crippen molar-refractivity contribution < 1.29 is 0 Å². The Morgan fingerprint density at radius 2 is 2.50 bits per heavy atom. The Morgan fingerprint density at radius 1 is 1.67 bits per heavy atom. The molecule has 1 heterocycles. The van der Waals surface area contributed by atoms with E-state index in [1.54, 1.807) is 6.20 Å². The first-order valence-corrected chi connectivity index (χ1v) is 4.72. The van der Waals surface area contributed by atoms with E-state index in [2.05, 4.69) is 11.1 Å². The molecule has 0 bridgehead atoms. The maximum atomic E-state index is 8.69. The summed E-state index contributed by atoms with van der Waals surface area (Å²) in [5.74, 6) is 0. The van der Waals surface area contributed by atoms with E-state index in [0.717, 1.165) is 11.4 Å². The first kappa shape index (κ1) is 9.08. The van der Waals surface area contributed by atoms with Crippen LogP contribution in [0.5, 0.6) is 0 Å². The molecular weight excluding hydrogens is 168 g/mol. The molecule has 0 aliphatic heterocycles. The molecule has 0 aliphatic carbocycles. The fourth-order valence-electron chi connectivity index (χ4n) is 0.764. The lowest BCUT2D eigenvalue weighted by atomic mass is 10.4. The molecule has 12 heavy (non-hydrogen) atoms. The molecule has 0 spiro atoms. The van der Waals surface area contributed by atoms with Crippen molar-refractivity contribution in [3.05, 3.63) is 24.4 Å². The molecule has 2 nitrogen and oxygen atoms in total. The van der Waals surface area contributed by atoms with Crippen LogP contribution in [0.1, 0.15) is 13.3 Å². The van der Waals surface area contributed by atoms with Crippen molar-refractivity contribution in [1.29, 1.82) is 5.26 Å². The average Bonchev–Trinajstić information content (AvgIpc) is 2.16. The zero-order chi connectivity index (χ0) is 8.81. The molecular formula is C9H10N2S. The third kappa shape index (κ3) is 2.55. The Kier molecular flexibility index (Phi) is 3.62. The molecule has 0 aliphatic rings. The van der Waals surface area contributed by atoms with Gasteiger partial charge in [-0.15, -0.1) is 0 Å². The Bertz CT molecular complexity index is 266. The van der Waals surface area contributed by atoms with Gasteiger partial charge < -0.3 is 0 Å².